The largest absolute Gasteiger partial charge is 0.328 e. The number of pyridine rings is 1. The van der Waals surface area contributed by atoms with Crippen LogP contribution in [-0.4, -0.2) is 23.0 Å². The maximum absolute atomic E-state index is 13.8. The number of hydrogen-bond donors (Lipinski definition) is 2. The number of amides is 2. The molecule has 0 unspecified atom stereocenters. The van der Waals surface area contributed by atoms with Crippen molar-refractivity contribution in [1.29, 1.82) is 0 Å². The van der Waals surface area contributed by atoms with Crippen LogP contribution in [0.3, 0.4) is 0 Å². The molecule has 2 aromatic carbocycles. The minimum absolute atomic E-state index is 0.0757. The van der Waals surface area contributed by atoms with Crippen LogP contribution in [0, 0.1) is 23.3 Å². The molecule has 0 saturated carbocycles. The first-order valence-corrected chi connectivity index (χ1v) is 8.19. The van der Waals surface area contributed by atoms with E-state index in [0.29, 0.717) is 5.56 Å². The van der Waals surface area contributed by atoms with Gasteiger partial charge in [0.05, 0.1) is 17.1 Å². The minimum atomic E-state index is -1.20. The van der Waals surface area contributed by atoms with Crippen molar-refractivity contribution >= 4 is 22.5 Å². The Hall–Kier alpha value is -3.36. The van der Waals surface area contributed by atoms with E-state index < -0.39 is 40.9 Å². The maximum atomic E-state index is 13.8. The molecule has 0 bridgehead atoms. The lowest BCUT2D eigenvalue weighted by molar-refractivity contribution is 0.208. The van der Waals surface area contributed by atoms with Crippen LogP contribution in [0.5, 0.6) is 0 Å². The summed E-state index contributed by atoms with van der Waals surface area (Å²) in [5, 5.41) is 2.30. The molecule has 1 heterocycles. The summed E-state index contributed by atoms with van der Waals surface area (Å²) < 4.78 is 54.2. The Morgan fingerprint density at radius 1 is 1.07 bits per heavy atom. The normalized spacial score (nSPS) is 12.1. The number of halogens is 4. The number of urea groups is 1. The van der Waals surface area contributed by atoms with Crippen molar-refractivity contribution in [3.05, 3.63) is 75.7 Å². The molecular formula is C19H15F4N3O2. The van der Waals surface area contributed by atoms with Crippen LogP contribution in [0.1, 0.15) is 18.5 Å². The first kappa shape index (κ1) is 19.4. The van der Waals surface area contributed by atoms with Gasteiger partial charge in [-0.25, -0.2) is 22.4 Å². The summed E-state index contributed by atoms with van der Waals surface area (Å²) in [6.45, 7) is 1.58. The van der Waals surface area contributed by atoms with Crippen LogP contribution in [0.15, 0.2) is 41.3 Å². The van der Waals surface area contributed by atoms with Crippen LogP contribution in [0.25, 0.3) is 10.8 Å². The number of benzene rings is 2. The molecule has 146 valence electrons. The molecule has 5 nitrogen and oxygen atoms in total. The van der Waals surface area contributed by atoms with Crippen LogP contribution in [0.4, 0.5) is 28.0 Å². The zero-order chi connectivity index (χ0) is 20.6. The van der Waals surface area contributed by atoms with Crippen molar-refractivity contribution in [2.24, 2.45) is 0 Å². The number of rotatable bonds is 3. The van der Waals surface area contributed by atoms with Gasteiger partial charge in [0.1, 0.15) is 0 Å². The van der Waals surface area contributed by atoms with Gasteiger partial charge in [0.25, 0.3) is 5.56 Å². The molecule has 0 aliphatic heterocycles. The molecule has 1 aromatic heterocycles. The lowest BCUT2D eigenvalue weighted by atomic mass is 10.0. The van der Waals surface area contributed by atoms with Gasteiger partial charge in [-0.2, -0.15) is 0 Å². The molecule has 0 radical (unpaired) electrons. The number of aromatic nitrogens is 1. The predicted molar refractivity (Wildman–Crippen MR) is 96.0 cm³/mol. The van der Waals surface area contributed by atoms with Crippen molar-refractivity contribution < 1.29 is 22.4 Å². The van der Waals surface area contributed by atoms with Crippen LogP contribution >= 0.6 is 0 Å². The van der Waals surface area contributed by atoms with Crippen molar-refractivity contribution in [2.75, 3.05) is 12.4 Å². The number of hydrogen-bond acceptors (Lipinski definition) is 2. The van der Waals surface area contributed by atoms with E-state index in [1.165, 1.54) is 25.4 Å². The van der Waals surface area contributed by atoms with E-state index in [1.807, 2.05) is 0 Å². The van der Waals surface area contributed by atoms with Crippen molar-refractivity contribution in [3.63, 3.8) is 0 Å². The number of fused-ring (bicyclic) bond motifs is 1. The zero-order valence-electron chi connectivity index (χ0n) is 14.8. The summed E-state index contributed by atoms with van der Waals surface area (Å²) in [5.41, 5.74) is -0.617. The molecule has 0 spiro atoms. The number of H-pyrrole nitrogens is 1. The number of aromatic amines is 1. The van der Waals surface area contributed by atoms with E-state index in [2.05, 4.69) is 10.3 Å². The lowest BCUT2D eigenvalue weighted by Crippen LogP contribution is -2.34. The molecule has 3 rings (SSSR count). The number of nitrogens with one attached hydrogen (secondary N) is 2. The number of carbonyl (C=O) groups excluding carboxylic acids is 1. The predicted octanol–water partition coefficient (Wildman–Crippen LogP) is 4.31. The summed E-state index contributed by atoms with van der Waals surface area (Å²) in [6.07, 6.45) is 1.29. The highest BCUT2D eigenvalue weighted by Gasteiger charge is 2.22. The van der Waals surface area contributed by atoms with E-state index in [-0.39, 0.29) is 16.5 Å². The SMILES string of the molecule is C[C@H](c1c[nH]c(=O)c2cc(F)c(F)cc12)N(C)C(=O)Nc1cccc(F)c1F. The smallest absolute Gasteiger partial charge is 0.322 e. The molecule has 28 heavy (non-hydrogen) atoms. The molecule has 1 atom stereocenters. The van der Waals surface area contributed by atoms with Gasteiger partial charge in [0.2, 0.25) is 0 Å². The summed E-state index contributed by atoms with van der Waals surface area (Å²) in [7, 11) is 1.38. The third kappa shape index (κ3) is 3.42. The Morgan fingerprint density at radius 2 is 1.71 bits per heavy atom. The Kier molecular flexibility index (Phi) is 5.08. The standard InChI is InChI=1S/C19H15F4N3O2/c1-9(26(2)19(28)25-16-5-3-4-13(20)17(16)23)12-8-24-18(27)11-7-15(22)14(21)6-10(11)12/h3-9H,1-2H3,(H,24,27)(H,25,28)/t9-/m1/s1. The zero-order valence-corrected chi connectivity index (χ0v) is 14.8. The summed E-state index contributed by atoms with van der Waals surface area (Å²) in [5.74, 6) is -4.63. The molecule has 0 saturated heterocycles. The first-order chi connectivity index (χ1) is 13.2. The van der Waals surface area contributed by atoms with E-state index in [0.717, 1.165) is 23.1 Å². The highest BCUT2D eigenvalue weighted by molar-refractivity contribution is 5.90. The maximum Gasteiger partial charge on any atom is 0.322 e. The number of anilines is 1. The molecule has 2 N–H and O–H groups in total. The highest BCUT2D eigenvalue weighted by atomic mass is 19.2. The van der Waals surface area contributed by atoms with Gasteiger partial charge >= 0.3 is 6.03 Å². The fraction of sp³-hybridized carbons (Fsp3) is 0.158. The Balaban J connectivity index is 1.95. The molecule has 2 amide bonds. The fourth-order valence-corrected chi connectivity index (χ4v) is 2.81. The van der Waals surface area contributed by atoms with Gasteiger partial charge in [-0.3, -0.25) is 4.79 Å². The van der Waals surface area contributed by atoms with Gasteiger partial charge in [-0.1, -0.05) is 6.07 Å². The second kappa shape index (κ2) is 7.34. The Labute approximate surface area is 156 Å². The van der Waals surface area contributed by atoms with E-state index >= 15 is 0 Å². The van der Waals surface area contributed by atoms with Gasteiger partial charge in [0.15, 0.2) is 23.3 Å². The van der Waals surface area contributed by atoms with Crippen LogP contribution in [-0.2, 0) is 0 Å². The fourth-order valence-electron chi connectivity index (χ4n) is 2.81. The molecule has 0 aliphatic carbocycles. The number of carbonyl (C=O) groups is 1. The summed E-state index contributed by atoms with van der Waals surface area (Å²) >= 11 is 0. The Morgan fingerprint density at radius 3 is 2.39 bits per heavy atom. The van der Waals surface area contributed by atoms with Crippen molar-refractivity contribution in [1.82, 2.24) is 9.88 Å². The number of nitrogens with zero attached hydrogens (tertiary/aromatic N) is 1. The Bertz CT molecular complexity index is 1130. The summed E-state index contributed by atoms with van der Waals surface area (Å²) in [4.78, 5) is 27.9. The molecular weight excluding hydrogens is 378 g/mol. The minimum Gasteiger partial charge on any atom is -0.328 e. The van der Waals surface area contributed by atoms with E-state index in [9.17, 15) is 27.2 Å². The van der Waals surface area contributed by atoms with Gasteiger partial charge in [-0.15, -0.1) is 0 Å². The third-order valence-corrected chi connectivity index (χ3v) is 4.52. The van der Waals surface area contributed by atoms with E-state index in [1.54, 1.807) is 6.92 Å². The van der Waals surface area contributed by atoms with Gasteiger partial charge in [-0.05, 0) is 42.1 Å². The van der Waals surface area contributed by atoms with Crippen molar-refractivity contribution in [2.45, 2.75) is 13.0 Å². The topological polar surface area (TPSA) is 65.2 Å². The average Bonchev–Trinajstić information content (AvgIpc) is 2.66. The molecule has 0 fully saturated rings. The van der Waals surface area contributed by atoms with Gasteiger partial charge < -0.3 is 15.2 Å². The lowest BCUT2D eigenvalue weighted by Gasteiger charge is -2.26. The van der Waals surface area contributed by atoms with E-state index in [4.69, 9.17) is 0 Å². The second-order valence-electron chi connectivity index (χ2n) is 6.20. The summed E-state index contributed by atoms with van der Waals surface area (Å²) in [6, 6.07) is 3.52. The van der Waals surface area contributed by atoms with Crippen LogP contribution < -0.4 is 10.9 Å². The molecule has 0 aliphatic rings. The van der Waals surface area contributed by atoms with Gasteiger partial charge in [0, 0.05) is 13.2 Å². The van der Waals surface area contributed by atoms with Crippen molar-refractivity contribution in [3.8, 4) is 0 Å². The molecule has 9 heteroatoms. The quantitative estimate of drug-likeness (QED) is 0.652. The van der Waals surface area contributed by atoms with Crippen LogP contribution in [0.2, 0.25) is 0 Å². The first-order valence-electron chi connectivity index (χ1n) is 8.19. The third-order valence-electron chi connectivity index (χ3n) is 4.52. The highest BCUT2D eigenvalue weighted by Crippen LogP contribution is 2.27. The second-order valence-corrected chi connectivity index (χ2v) is 6.20. The monoisotopic (exact) mass is 393 g/mol. The molecule has 3 aromatic rings. The average molecular weight is 393 g/mol.